The minimum absolute atomic E-state index is 0.461. The average Bonchev–Trinajstić information content (AvgIpc) is 2.41. The van der Waals surface area contributed by atoms with E-state index in [0.717, 1.165) is 10.0 Å². The maximum absolute atomic E-state index is 9.05. The van der Waals surface area contributed by atoms with Crippen LogP contribution in [0.25, 0.3) is 0 Å². The van der Waals surface area contributed by atoms with Gasteiger partial charge in [-0.3, -0.25) is 0 Å². The van der Waals surface area contributed by atoms with Gasteiger partial charge in [-0.2, -0.15) is 5.26 Å². The van der Waals surface area contributed by atoms with Crippen molar-refractivity contribution in [2.24, 2.45) is 5.73 Å². The topological polar surface area (TPSA) is 59.0 Å². The molecule has 0 atom stereocenters. The number of hydrogen-bond acceptors (Lipinski definition) is 3. The Labute approximate surface area is 114 Å². The highest BCUT2D eigenvalue weighted by Gasteiger charge is 2.05. The second-order valence-corrected chi connectivity index (χ2v) is 4.62. The van der Waals surface area contributed by atoms with E-state index in [1.54, 1.807) is 12.1 Å². The first-order valence-corrected chi connectivity index (χ1v) is 6.19. The number of rotatable bonds is 3. The normalized spacial score (nSPS) is 9.83. The van der Waals surface area contributed by atoms with E-state index in [2.05, 4.69) is 22.0 Å². The summed E-state index contributed by atoms with van der Waals surface area (Å²) in [6.45, 7) is 0.461. The SMILES string of the molecule is N#Cc1cc(Br)ccc1Oc1cccc(CN)c1. The molecule has 0 aliphatic rings. The molecule has 3 nitrogen and oxygen atoms in total. The summed E-state index contributed by atoms with van der Waals surface area (Å²) < 4.78 is 6.55. The van der Waals surface area contributed by atoms with Crippen LogP contribution in [0.15, 0.2) is 46.9 Å². The number of ether oxygens (including phenoxy) is 1. The van der Waals surface area contributed by atoms with Crippen LogP contribution in [-0.4, -0.2) is 0 Å². The van der Waals surface area contributed by atoms with E-state index >= 15 is 0 Å². The maximum Gasteiger partial charge on any atom is 0.145 e. The third-order valence-electron chi connectivity index (χ3n) is 2.42. The molecule has 2 rings (SSSR count). The van der Waals surface area contributed by atoms with Gasteiger partial charge in [0.05, 0.1) is 5.56 Å². The predicted octanol–water partition coefficient (Wildman–Crippen LogP) is 3.57. The Morgan fingerprint density at radius 2 is 2.06 bits per heavy atom. The molecular weight excluding hydrogens is 292 g/mol. The Balaban J connectivity index is 2.31. The Kier molecular flexibility index (Phi) is 3.98. The molecule has 0 fully saturated rings. The van der Waals surface area contributed by atoms with Crippen LogP contribution in [0.3, 0.4) is 0 Å². The lowest BCUT2D eigenvalue weighted by atomic mass is 10.2. The second kappa shape index (κ2) is 5.67. The number of halogens is 1. The van der Waals surface area contributed by atoms with Gasteiger partial charge < -0.3 is 10.5 Å². The first-order chi connectivity index (χ1) is 8.72. The number of benzene rings is 2. The molecule has 2 aromatic rings. The van der Waals surface area contributed by atoms with E-state index in [1.165, 1.54) is 0 Å². The number of nitrogens with zero attached hydrogens (tertiary/aromatic N) is 1. The van der Waals surface area contributed by atoms with Crippen molar-refractivity contribution in [2.75, 3.05) is 0 Å². The lowest BCUT2D eigenvalue weighted by molar-refractivity contribution is 0.480. The molecule has 0 unspecified atom stereocenters. The molecule has 90 valence electrons. The van der Waals surface area contributed by atoms with E-state index in [9.17, 15) is 0 Å². The quantitative estimate of drug-likeness (QED) is 0.943. The van der Waals surface area contributed by atoms with Gasteiger partial charge in [-0.15, -0.1) is 0 Å². The largest absolute Gasteiger partial charge is 0.456 e. The molecule has 0 saturated carbocycles. The Morgan fingerprint density at radius 1 is 1.22 bits per heavy atom. The molecule has 0 radical (unpaired) electrons. The van der Waals surface area contributed by atoms with E-state index in [4.69, 9.17) is 15.7 Å². The Morgan fingerprint density at radius 3 is 2.78 bits per heavy atom. The molecule has 2 N–H and O–H groups in total. The van der Waals surface area contributed by atoms with Gasteiger partial charge in [0.1, 0.15) is 17.6 Å². The molecule has 0 aliphatic heterocycles. The zero-order valence-corrected chi connectivity index (χ0v) is 11.1. The lowest BCUT2D eigenvalue weighted by Gasteiger charge is -2.08. The first-order valence-electron chi connectivity index (χ1n) is 5.39. The molecular formula is C14H11BrN2O. The average molecular weight is 303 g/mol. The second-order valence-electron chi connectivity index (χ2n) is 3.71. The highest BCUT2D eigenvalue weighted by Crippen LogP contribution is 2.27. The number of nitriles is 1. The highest BCUT2D eigenvalue weighted by atomic mass is 79.9. The molecule has 0 bridgehead atoms. The fourth-order valence-corrected chi connectivity index (χ4v) is 1.90. The van der Waals surface area contributed by atoms with Gasteiger partial charge >= 0.3 is 0 Å². The number of hydrogen-bond donors (Lipinski definition) is 1. The van der Waals surface area contributed by atoms with Crippen molar-refractivity contribution >= 4 is 15.9 Å². The summed E-state index contributed by atoms with van der Waals surface area (Å²) in [5.74, 6) is 1.21. The van der Waals surface area contributed by atoms with E-state index in [1.807, 2.05) is 30.3 Å². The smallest absolute Gasteiger partial charge is 0.145 e. The Hall–Kier alpha value is -1.83. The highest BCUT2D eigenvalue weighted by molar-refractivity contribution is 9.10. The van der Waals surface area contributed by atoms with Gasteiger partial charge in [0, 0.05) is 11.0 Å². The predicted molar refractivity (Wildman–Crippen MR) is 73.3 cm³/mol. The zero-order chi connectivity index (χ0) is 13.0. The Bertz CT molecular complexity index is 605. The van der Waals surface area contributed by atoms with Gasteiger partial charge in [-0.1, -0.05) is 28.1 Å². The maximum atomic E-state index is 9.05. The summed E-state index contributed by atoms with van der Waals surface area (Å²) in [5, 5.41) is 9.05. The van der Waals surface area contributed by atoms with E-state index in [0.29, 0.717) is 23.6 Å². The summed E-state index contributed by atoms with van der Waals surface area (Å²) in [7, 11) is 0. The summed E-state index contributed by atoms with van der Waals surface area (Å²) in [6, 6.07) is 14.9. The molecule has 0 heterocycles. The minimum Gasteiger partial charge on any atom is -0.456 e. The van der Waals surface area contributed by atoms with Crippen molar-refractivity contribution in [3.63, 3.8) is 0 Å². The van der Waals surface area contributed by atoms with Gasteiger partial charge in [-0.05, 0) is 35.9 Å². The monoisotopic (exact) mass is 302 g/mol. The van der Waals surface area contributed by atoms with Crippen LogP contribution in [0.1, 0.15) is 11.1 Å². The molecule has 0 aromatic heterocycles. The van der Waals surface area contributed by atoms with E-state index in [-0.39, 0.29) is 0 Å². The minimum atomic E-state index is 0.461. The molecule has 2 aromatic carbocycles. The van der Waals surface area contributed by atoms with Crippen LogP contribution in [-0.2, 0) is 6.54 Å². The van der Waals surface area contributed by atoms with Crippen LogP contribution in [0.4, 0.5) is 0 Å². The van der Waals surface area contributed by atoms with Gasteiger partial charge in [0.15, 0.2) is 0 Å². The summed E-state index contributed by atoms with van der Waals surface area (Å²) in [4.78, 5) is 0. The summed E-state index contributed by atoms with van der Waals surface area (Å²) in [6.07, 6.45) is 0. The van der Waals surface area contributed by atoms with Crippen LogP contribution in [0, 0.1) is 11.3 Å². The zero-order valence-electron chi connectivity index (χ0n) is 9.56. The van der Waals surface area contributed by atoms with Gasteiger partial charge in [0.25, 0.3) is 0 Å². The molecule has 18 heavy (non-hydrogen) atoms. The van der Waals surface area contributed by atoms with Crippen molar-refractivity contribution < 1.29 is 4.74 Å². The van der Waals surface area contributed by atoms with Crippen molar-refractivity contribution in [2.45, 2.75) is 6.54 Å². The van der Waals surface area contributed by atoms with Crippen LogP contribution < -0.4 is 10.5 Å². The molecule has 0 amide bonds. The molecule has 0 saturated heterocycles. The van der Waals surface area contributed by atoms with Crippen molar-refractivity contribution in [1.82, 2.24) is 0 Å². The van der Waals surface area contributed by atoms with Crippen molar-refractivity contribution in [1.29, 1.82) is 5.26 Å². The summed E-state index contributed by atoms with van der Waals surface area (Å²) in [5.41, 5.74) is 7.05. The van der Waals surface area contributed by atoms with E-state index < -0.39 is 0 Å². The standard InChI is InChI=1S/C14H11BrN2O/c15-12-4-5-14(11(7-12)9-17)18-13-3-1-2-10(6-13)8-16/h1-7H,8,16H2. The lowest BCUT2D eigenvalue weighted by Crippen LogP contribution is -1.96. The molecule has 4 heteroatoms. The van der Waals surface area contributed by atoms with Crippen LogP contribution in [0.5, 0.6) is 11.5 Å². The van der Waals surface area contributed by atoms with Crippen LogP contribution in [0.2, 0.25) is 0 Å². The summed E-state index contributed by atoms with van der Waals surface area (Å²) >= 11 is 3.32. The van der Waals surface area contributed by atoms with Crippen LogP contribution >= 0.6 is 15.9 Å². The fraction of sp³-hybridized carbons (Fsp3) is 0.0714. The third-order valence-corrected chi connectivity index (χ3v) is 2.92. The van der Waals surface area contributed by atoms with Gasteiger partial charge in [0.2, 0.25) is 0 Å². The fourth-order valence-electron chi connectivity index (χ4n) is 1.54. The van der Waals surface area contributed by atoms with Gasteiger partial charge in [-0.25, -0.2) is 0 Å². The molecule has 0 spiro atoms. The first kappa shape index (κ1) is 12.6. The van der Waals surface area contributed by atoms with Crippen molar-refractivity contribution in [3.8, 4) is 17.6 Å². The molecule has 0 aliphatic carbocycles. The van der Waals surface area contributed by atoms with Crippen molar-refractivity contribution in [3.05, 3.63) is 58.1 Å². The number of nitrogens with two attached hydrogens (primary N) is 1. The third kappa shape index (κ3) is 2.89.